The number of hydrogen-bond acceptors (Lipinski definition) is 1. The topological polar surface area (TPSA) is 35.0 Å². The van der Waals surface area contributed by atoms with E-state index >= 15 is 0 Å². The predicted molar refractivity (Wildman–Crippen MR) is 30.5 cm³/mol. The maximum atomic E-state index is 1.56. The molecular formula is C6H13N. The Morgan fingerprint density at radius 1 is 0.714 bits per heavy atom. The summed E-state index contributed by atoms with van der Waals surface area (Å²) in [5.74, 6) is 2.43. The minimum absolute atomic E-state index is 0. The fourth-order valence-electron chi connectivity index (χ4n) is 1.56. The van der Waals surface area contributed by atoms with E-state index in [4.69, 9.17) is 0 Å². The van der Waals surface area contributed by atoms with Gasteiger partial charge in [0.15, 0.2) is 0 Å². The maximum absolute atomic E-state index is 1.56. The molecule has 0 bridgehead atoms. The van der Waals surface area contributed by atoms with Crippen LogP contribution in [0.2, 0.25) is 0 Å². The van der Waals surface area contributed by atoms with E-state index in [1.54, 1.807) is 25.7 Å². The molecule has 1 nitrogen and oxygen atoms in total. The quantitative estimate of drug-likeness (QED) is 0.495. The highest BCUT2D eigenvalue weighted by Gasteiger charge is 2.37. The van der Waals surface area contributed by atoms with Crippen molar-refractivity contribution in [2.24, 2.45) is 11.8 Å². The van der Waals surface area contributed by atoms with Gasteiger partial charge in [-0.25, -0.2) is 0 Å². The highest BCUT2D eigenvalue weighted by molar-refractivity contribution is 4.89. The van der Waals surface area contributed by atoms with Crippen molar-refractivity contribution in [2.75, 3.05) is 0 Å². The standard InChI is InChI=1S/C6H10.H3N/c1-2-6-4-3-5(1)6;/h5-6H,1-4H2;1H3. The molecule has 2 fully saturated rings. The van der Waals surface area contributed by atoms with Crippen LogP contribution in [0.1, 0.15) is 25.7 Å². The fraction of sp³-hybridized carbons (Fsp3) is 1.00. The lowest BCUT2D eigenvalue weighted by atomic mass is 9.60. The van der Waals surface area contributed by atoms with Crippen LogP contribution in [0.4, 0.5) is 0 Å². The number of fused-ring (bicyclic) bond motifs is 1. The number of rotatable bonds is 0. The molecule has 0 aromatic rings. The van der Waals surface area contributed by atoms with Crippen LogP contribution in [0.25, 0.3) is 0 Å². The van der Waals surface area contributed by atoms with E-state index in [0.29, 0.717) is 0 Å². The molecule has 0 atom stereocenters. The highest BCUT2D eigenvalue weighted by atomic mass is 14.4. The molecule has 0 aromatic heterocycles. The Balaban J connectivity index is 0.000000245. The van der Waals surface area contributed by atoms with E-state index < -0.39 is 0 Å². The predicted octanol–water partition coefficient (Wildman–Crippen LogP) is 1.97. The molecule has 7 heavy (non-hydrogen) atoms. The smallest absolute Gasteiger partial charge is 0.0386 e. The van der Waals surface area contributed by atoms with E-state index in [2.05, 4.69) is 0 Å². The van der Waals surface area contributed by atoms with Gasteiger partial charge in [0.05, 0.1) is 0 Å². The van der Waals surface area contributed by atoms with Crippen LogP contribution in [-0.4, -0.2) is 0 Å². The van der Waals surface area contributed by atoms with Gasteiger partial charge in [-0.1, -0.05) is 0 Å². The Morgan fingerprint density at radius 3 is 1.00 bits per heavy atom. The minimum Gasteiger partial charge on any atom is -0.344 e. The second-order valence-electron chi connectivity index (χ2n) is 2.67. The van der Waals surface area contributed by atoms with Crippen LogP contribution in [0.15, 0.2) is 0 Å². The molecule has 0 radical (unpaired) electrons. The SMILES string of the molecule is C1CC2CCC12.N. The van der Waals surface area contributed by atoms with E-state index in [1.807, 2.05) is 0 Å². The fourth-order valence-corrected chi connectivity index (χ4v) is 1.56. The molecule has 0 saturated heterocycles. The molecule has 2 aliphatic rings. The summed E-state index contributed by atoms with van der Waals surface area (Å²) in [5.41, 5.74) is 0. The van der Waals surface area contributed by atoms with Crippen molar-refractivity contribution in [3.8, 4) is 0 Å². The van der Waals surface area contributed by atoms with Crippen LogP contribution in [0.3, 0.4) is 0 Å². The molecule has 0 aromatic carbocycles. The Morgan fingerprint density at radius 2 is 1.00 bits per heavy atom. The van der Waals surface area contributed by atoms with Crippen LogP contribution in [0, 0.1) is 11.8 Å². The molecule has 2 aliphatic carbocycles. The van der Waals surface area contributed by atoms with Crippen LogP contribution in [0.5, 0.6) is 0 Å². The average molecular weight is 99.2 g/mol. The normalized spacial score (nSPS) is 44.6. The van der Waals surface area contributed by atoms with Crippen molar-refractivity contribution < 1.29 is 0 Å². The molecule has 0 aliphatic heterocycles. The molecule has 42 valence electrons. The molecule has 1 heteroatoms. The summed E-state index contributed by atoms with van der Waals surface area (Å²) in [4.78, 5) is 0. The third-order valence-corrected chi connectivity index (χ3v) is 2.48. The van der Waals surface area contributed by atoms with E-state index in [0.717, 1.165) is 0 Å². The van der Waals surface area contributed by atoms with E-state index in [1.165, 1.54) is 11.8 Å². The Labute approximate surface area is 44.7 Å². The van der Waals surface area contributed by atoms with Gasteiger partial charge in [-0.15, -0.1) is 0 Å². The summed E-state index contributed by atoms with van der Waals surface area (Å²) in [7, 11) is 0. The Kier molecular flexibility index (Phi) is 1.08. The molecular weight excluding hydrogens is 86.1 g/mol. The lowest BCUT2D eigenvalue weighted by molar-refractivity contribution is 0.0548. The van der Waals surface area contributed by atoms with E-state index in [-0.39, 0.29) is 6.15 Å². The van der Waals surface area contributed by atoms with Gasteiger partial charge in [-0.05, 0) is 37.5 Å². The van der Waals surface area contributed by atoms with Crippen molar-refractivity contribution in [2.45, 2.75) is 25.7 Å². The van der Waals surface area contributed by atoms with Crippen LogP contribution in [-0.2, 0) is 0 Å². The summed E-state index contributed by atoms with van der Waals surface area (Å²) in [6, 6.07) is 0. The van der Waals surface area contributed by atoms with Gasteiger partial charge >= 0.3 is 0 Å². The van der Waals surface area contributed by atoms with Gasteiger partial charge in [0.2, 0.25) is 0 Å². The van der Waals surface area contributed by atoms with E-state index in [9.17, 15) is 0 Å². The maximum Gasteiger partial charge on any atom is -0.0386 e. The van der Waals surface area contributed by atoms with Crippen molar-refractivity contribution in [3.05, 3.63) is 0 Å². The Hall–Kier alpha value is -0.0400. The Bertz CT molecular complexity index is 52.6. The largest absolute Gasteiger partial charge is 0.344 e. The lowest BCUT2D eigenvalue weighted by Gasteiger charge is -2.46. The first-order valence-corrected chi connectivity index (χ1v) is 2.97. The first kappa shape index (κ1) is 5.10. The zero-order valence-electron chi connectivity index (χ0n) is 4.69. The molecule has 3 N–H and O–H groups in total. The summed E-state index contributed by atoms with van der Waals surface area (Å²) in [6.45, 7) is 0. The van der Waals surface area contributed by atoms with Gasteiger partial charge in [0.25, 0.3) is 0 Å². The summed E-state index contributed by atoms with van der Waals surface area (Å²) in [6.07, 6.45) is 6.24. The van der Waals surface area contributed by atoms with Crippen molar-refractivity contribution >= 4 is 0 Å². The van der Waals surface area contributed by atoms with Gasteiger partial charge in [0.1, 0.15) is 0 Å². The molecule has 2 saturated carbocycles. The van der Waals surface area contributed by atoms with Gasteiger partial charge in [0, 0.05) is 0 Å². The zero-order chi connectivity index (χ0) is 3.98. The van der Waals surface area contributed by atoms with Gasteiger partial charge < -0.3 is 6.15 Å². The van der Waals surface area contributed by atoms with Crippen molar-refractivity contribution in [3.63, 3.8) is 0 Å². The molecule has 2 rings (SSSR count). The minimum atomic E-state index is 0. The lowest BCUT2D eigenvalue weighted by Crippen LogP contribution is -2.34. The van der Waals surface area contributed by atoms with Crippen LogP contribution >= 0.6 is 0 Å². The first-order chi connectivity index (χ1) is 2.97. The second-order valence-corrected chi connectivity index (χ2v) is 2.67. The van der Waals surface area contributed by atoms with Gasteiger partial charge in [-0.3, -0.25) is 0 Å². The van der Waals surface area contributed by atoms with Crippen molar-refractivity contribution in [1.82, 2.24) is 6.15 Å². The first-order valence-electron chi connectivity index (χ1n) is 2.97. The number of hydrogen-bond donors (Lipinski definition) is 1. The zero-order valence-corrected chi connectivity index (χ0v) is 4.69. The molecule has 0 amide bonds. The summed E-state index contributed by atoms with van der Waals surface area (Å²) >= 11 is 0. The average Bonchev–Trinajstić information content (AvgIpc) is 1.54. The second kappa shape index (κ2) is 1.48. The van der Waals surface area contributed by atoms with Gasteiger partial charge in [-0.2, -0.15) is 0 Å². The summed E-state index contributed by atoms with van der Waals surface area (Å²) in [5, 5.41) is 0. The monoisotopic (exact) mass is 99.1 g/mol. The summed E-state index contributed by atoms with van der Waals surface area (Å²) < 4.78 is 0. The van der Waals surface area contributed by atoms with Crippen molar-refractivity contribution in [1.29, 1.82) is 0 Å². The molecule has 0 unspecified atom stereocenters. The third kappa shape index (κ3) is 0.480. The molecule has 0 heterocycles. The highest BCUT2D eigenvalue weighted by Crippen LogP contribution is 2.49. The third-order valence-electron chi connectivity index (χ3n) is 2.48. The molecule has 0 spiro atoms. The van der Waals surface area contributed by atoms with Crippen LogP contribution < -0.4 is 6.15 Å².